The molecule has 0 radical (unpaired) electrons. The summed E-state index contributed by atoms with van der Waals surface area (Å²) in [7, 11) is 0. The lowest BCUT2D eigenvalue weighted by molar-refractivity contribution is -0.119. The first-order valence-corrected chi connectivity index (χ1v) is 6.68. The number of carbonyl (C=O) groups is 1. The first-order chi connectivity index (χ1) is 9.06. The molecule has 1 heterocycles. The Morgan fingerprint density at radius 2 is 1.95 bits per heavy atom. The van der Waals surface area contributed by atoms with Crippen molar-refractivity contribution in [3.8, 4) is 0 Å². The van der Waals surface area contributed by atoms with Gasteiger partial charge in [0.05, 0.1) is 5.52 Å². The molecule has 3 heteroatoms. The van der Waals surface area contributed by atoms with Crippen molar-refractivity contribution in [2.45, 2.75) is 32.7 Å². The van der Waals surface area contributed by atoms with E-state index in [9.17, 15) is 4.79 Å². The van der Waals surface area contributed by atoms with Crippen LogP contribution in [0.2, 0.25) is 0 Å². The van der Waals surface area contributed by atoms with Crippen molar-refractivity contribution in [1.29, 1.82) is 0 Å². The second kappa shape index (κ2) is 5.93. The first kappa shape index (κ1) is 13.7. The topological polar surface area (TPSA) is 56.0 Å². The van der Waals surface area contributed by atoms with Crippen LogP contribution in [-0.4, -0.2) is 16.8 Å². The van der Waals surface area contributed by atoms with Crippen LogP contribution >= 0.6 is 0 Å². The Bertz CT molecular complexity index is 578. The smallest absolute Gasteiger partial charge is 0.140 e. The van der Waals surface area contributed by atoms with Gasteiger partial charge in [-0.1, -0.05) is 38.1 Å². The van der Waals surface area contributed by atoms with Crippen LogP contribution in [0.25, 0.3) is 10.9 Å². The summed E-state index contributed by atoms with van der Waals surface area (Å²) in [5.41, 5.74) is 7.67. The molecular formula is C16H20N2O. The second-order valence-electron chi connectivity index (χ2n) is 5.32. The van der Waals surface area contributed by atoms with E-state index in [1.807, 2.05) is 50.2 Å². The molecule has 0 bridgehead atoms. The standard InChI is InChI=1S/C16H20N2O/c1-11(2)15(17)10-14(19)9-13-8-7-12-5-3-4-6-16(12)18-13/h3-8,11,15H,9-10,17H2,1-2H3. The van der Waals surface area contributed by atoms with Gasteiger partial charge in [-0.05, 0) is 18.1 Å². The summed E-state index contributed by atoms with van der Waals surface area (Å²) in [6.07, 6.45) is 0.789. The van der Waals surface area contributed by atoms with E-state index in [4.69, 9.17) is 5.73 Å². The number of fused-ring (bicyclic) bond motifs is 1. The molecule has 1 atom stereocenters. The van der Waals surface area contributed by atoms with E-state index >= 15 is 0 Å². The third kappa shape index (κ3) is 3.61. The number of hydrogen-bond donors (Lipinski definition) is 1. The van der Waals surface area contributed by atoms with Gasteiger partial charge in [-0.2, -0.15) is 0 Å². The fraction of sp³-hybridized carbons (Fsp3) is 0.375. The molecule has 0 fully saturated rings. The third-order valence-electron chi connectivity index (χ3n) is 3.35. The minimum absolute atomic E-state index is 0.0621. The van der Waals surface area contributed by atoms with Crippen molar-refractivity contribution >= 4 is 16.7 Å². The fourth-order valence-electron chi connectivity index (χ4n) is 1.98. The number of ketones is 1. The van der Waals surface area contributed by atoms with Crippen LogP contribution in [0.5, 0.6) is 0 Å². The van der Waals surface area contributed by atoms with E-state index in [0.29, 0.717) is 18.8 Å². The predicted octanol–water partition coefficient (Wildman–Crippen LogP) is 2.72. The molecule has 1 aromatic heterocycles. The summed E-state index contributed by atoms with van der Waals surface area (Å²) in [6.45, 7) is 4.07. The lowest BCUT2D eigenvalue weighted by Gasteiger charge is -2.14. The van der Waals surface area contributed by atoms with Gasteiger partial charge in [-0.3, -0.25) is 9.78 Å². The number of hydrogen-bond acceptors (Lipinski definition) is 3. The van der Waals surface area contributed by atoms with Crippen LogP contribution in [0.1, 0.15) is 26.0 Å². The molecule has 100 valence electrons. The quantitative estimate of drug-likeness (QED) is 0.895. The Labute approximate surface area is 113 Å². The summed E-state index contributed by atoms with van der Waals surface area (Å²) in [4.78, 5) is 16.4. The highest BCUT2D eigenvalue weighted by molar-refractivity contribution is 5.83. The largest absolute Gasteiger partial charge is 0.327 e. The average molecular weight is 256 g/mol. The van der Waals surface area contributed by atoms with Gasteiger partial charge in [-0.15, -0.1) is 0 Å². The highest BCUT2D eigenvalue weighted by Crippen LogP contribution is 2.13. The van der Waals surface area contributed by atoms with Crippen molar-refractivity contribution in [2.75, 3.05) is 0 Å². The lowest BCUT2D eigenvalue weighted by atomic mass is 9.98. The van der Waals surface area contributed by atoms with Crippen LogP contribution < -0.4 is 5.73 Å². The van der Waals surface area contributed by atoms with E-state index < -0.39 is 0 Å². The average Bonchev–Trinajstić information content (AvgIpc) is 2.38. The fourth-order valence-corrected chi connectivity index (χ4v) is 1.98. The van der Waals surface area contributed by atoms with Crippen molar-refractivity contribution in [3.63, 3.8) is 0 Å². The zero-order chi connectivity index (χ0) is 13.8. The lowest BCUT2D eigenvalue weighted by Crippen LogP contribution is -2.29. The summed E-state index contributed by atoms with van der Waals surface area (Å²) < 4.78 is 0. The van der Waals surface area contributed by atoms with Crippen LogP contribution in [0.3, 0.4) is 0 Å². The molecule has 19 heavy (non-hydrogen) atoms. The number of benzene rings is 1. The zero-order valence-electron chi connectivity index (χ0n) is 11.5. The van der Waals surface area contributed by atoms with Crippen molar-refractivity contribution < 1.29 is 4.79 Å². The molecule has 0 saturated heterocycles. The maximum absolute atomic E-state index is 11.9. The SMILES string of the molecule is CC(C)C(N)CC(=O)Cc1ccc2ccccc2n1. The molecule has 1 unspecified atom stereocenters. The maximum atomic E-state index is 11.9. The van der Waals surface area contributed by atoms with E-state index in [-0.39, 0.29) is 11.8 Å². The van der Waals surface area contributed by atoms with Gasteiger partial charge >= 0.3 is 0 Å². The Morgan fingerprint density at radius 1 is 1.21 bits per heavy atom. The van der Waals surface area contributed by atoms with Crippen molar-refractivity contribution in [2.24, 2.45) is 11.7 Å². The number of nitrogens with zero attached hydrogens (tertiary/aromatic N) is 1. The summed E-state index contributed by atoms with van der Waals surface area (Å²) in [6, 6.07) is 11.8. The molecular weight excluding hydrogens is 236 g/mol. The third-order valence-corrected chi connectivity index (χ3v) is 3.35. The van der Waals surface area contributed by atoms with E-state index in [1.54, 1.807) is 0 Å². The maximum Gasteiger partial charge on any atom is 0.140 e. The summed E-state index contributed by atoms with van der Waals surface area (Å²) >= 11 is 0. The molecule has 2 aromatic rings. The number of carbonyl (C=O) groups excluding carboxylic acids is 1. The van der Waals surface area contributed by atoms with E-state index in [1.165, 1.54) is 0 Å². The van der Waals surface area contributed by atoms with Gasteiger partial charge < -0.3 is 5.73 Å². The van der Waals surface area contributed by atoms with E-state index in [2.05, 4.69) is 4.98 Å². The monoisotopic (exact) mass is 256 g/mol. The predicted molar refractivity (Wildman–Crippen MR) is 77.9 cm³/mol. The number of rotatable bonds is 5. The molecule has 1 aromatic carbocycles. The van der Waals surface area contributed by atoms with Gasteiger partial charge in [0.15, 0.2) is 0 Å². The molecule has 0 spiro atoms. The van der Waals surface area contributed by atoms with Gasteiger partial charge in [0.2, 0.25) is 0 Å². The van der Waals surface area contributed by atoms with Crippen LogP contribution in [0.15, 0.2) is 36.4 Å². The normalized spacial score (nSPS) is 12.8. The Hall–Kier alpha value is -1.74. The molecule has 0 aliphatic rings. The molecule has 3 nitrogen and oxygen atoms in total. The van der Waals surface area contributed by atoms with Gasteiger partial charge in [0, 0.05) is 30.0 Å². The highest BCUT2D eigenvalue weighted by Gasteiger charge is 2.13. The summed E-state index contributed by atoms with van der Waals surface area (Å²) in [5.74, 6) is 0.484. The number of para-hydroxylation sites is 1. The molecule has 0 aliphatic heterocycles. The second-order valence-corrected chi connectivity index (χ2v) is 5.32. The number of pyridine rings is 1. The first-order valence-electron chi connectivity index (χ1n) is 6.68. The Balaban J connectivity index is 2.07. The number of Topliss-reactive ketones (excluding diaryl/α,β-unsaturated/α-hetero) is 1. The molecule has 0 aliphatic carbocycles. The van der Waals surface area contributed by atoms with Gasteiger partial charge in [-0.25, -0.2) is 0 Å². The van der Waals surface area contributed by atoms with Crippen LogP contribution in [0, 0.1) is 5.92 Å². The van der Waals surface area contributed by atoms with Crippen molar-refractivity contribution in [1.82, 2.24) is 4.98 Å². The molecule has 2 N–H and O–H groups in total. The van der Waals surface area contributed by atoms with Crippen molar-refractivity contribution in [3.05, 3.63) is 42.1 Å². The zero-order valence-corrected chi connectivity index (χ0v) is 11.5. The minimum Gasteiger partial charge on any atom is -0.327 e. The number of nitrogens with two attached hydrogens (primary N) is 1. The summed E-state index contributed by atoms with van der Waals surface area (Å²) in [5, 5.41) is 1.09. The molecule has 0 saturated carbocycles. The van der Waals surface area contributed by atoms with Gasteiger partial charge in [0.25, 0.3) is 0 Å². The Kier molecular flexibility index (Phi) is 4.27. The van der Waals surface area contributed by atoms with Crippen LogP contribution in [-0.2, 0) is 11.2 Å². The highest BCUT2D eigenvalue weighted by atomic mass is 16.1. The Morgan fingerprint density at radius 3 is 2.68 bits per heavy atom. The van der Waals surface area contributed by atoms with E-state index in [0.717, 1.165) is 16.6 Å². The van der Waals surface area contributed by atoms with Crippen LogP contribution in [0.4, 0.5) is 0 Å². The molecule has 0 amide bonds. The number of aromatic nitrogens is 1. The molecule has 2 rings (SSSR count). The minimum atomic E-state index is -0.0621. The van der Waals surface area contributed by atoms with Gasteiger partial charge in [0.1, 0.15) is 5.78 Å².